The molecule has 1 aromatic carbocycles. The molecule has 2 rings (SSSR count). The number of hydrogen-bond acceptors (Lipinski definition) is 3. The van der Waals surface area contributed by atoms with E-state index in [-0.39, 0.29) is 5.82 Å². The summed E-state index contributed by atoms with van der Waals surface area (Å²) in [5, 5.41) is 3.00. The van der Waals surface area contributed by atoms with Gasteiger partial charge in [0.25, 0.3) is 0 Å². The first-order valence-electron chi connectivity index (χ1n) is 6.26. The number of nitrogens with zero attached hydrogens (tertiary/aromatic N) is 1. The molecule has 19 heavy (non-hydrogen) atoms. The molecule has 0 saturated heterocycles. The number of halogens is 1. The first-order chi connectivity index (χ1) is 9.24. The highest BCUT2D eigenvalue weighted by Gasteiger charge is 2.07. The Morgan fingerprint density at radius 1 is 1.26 bits per heavy atom. The molecule has 0 unspecified atom stereocenters. The van der Waals surface area contributed by atoms with E-state index in [9.17, 15) is 4.39 Å². The average Bonchev–Trinajstić information content (AvgIpc) is 2.40. The maximum atomic E-state index is 14.1. The van der Waals surface area contributed by atoms with E-state index in [1.807, 2.05) is 20.0 Å². The van der Waals surface area contributed by atoms with Crippen molar-refractivity contribution in [2.75, 3.05) is 13.7 Å². The molecular formula is C15H17FN2O. The highest BCUT2D eigenvalue weighted by Crippen LogP contribution is 2.26. The second-order valence-electron chi connectivity index (χ2n) is 4.19. The summed E-state index contributed by atoms with van der Waals surface area (Å²) in [4.78, 5) is 4.08. The van der Waals surface area contributed by atoms with Crippen molar-refractivity contribution < 1.29 is 9.13 Å². The molecule has 100 valence electrons. The molecule has 4 heteroatoms. The molecule has 0 atom stereocenters. The third-order valence-corrected chi connectivity index (χ3v) is 2.75. The van der Waals surface area contributed by atoms with Crippen molar-refractivity contribution >= 4 is 0 Å². The van der Waals surface area contributed by atoms with Crippen molar-refractivity contribution in [2.24, 2.45) is 0 Å². The second kappa shape index (κ2) is 6.29. The Morgan fingerprint density at radius 3 is 2.79 bits per heavy atom. The lowest BCUT2D eigenvalue weighted by Crippen LogP contribution is -2.05. The topological polar surface area (TPSA) is 34.1 Å². The van der Waals surface area contributed by atoms with Gasteiger partial charge in [0.1, 0.15) is 11.6 Å². The molecule has 0 radical (unpaired) electrons. The van der Waals surface area contributed by atoms with Crippen molar-refractivity contribution in [1.29, 1.82) is 0 Å². The number of benzene rings is 1. The molecular weight excluding hydrogens is 243 g/mol. The van der Waals surface area contributed by atoms with Crippen LogP contribution in [-0.2, 0) is 6.54 Å². The van der Waals surface area contributed by atoms with E-state index >= 15 is 0 Å². The summed E-state index contributed by atoms with van der Waals surface area (Å²) in [5.74, 6) is 0.405. The van der Waals surface area contributed by atoms with E-state index in [0.717, 1.165) is 11.1 Å². The third-order valence-electron chi connectivity index (χ3n) is 2.75. The van der Waals surface area contributed by atoms with E-state index < -0.39 is 0 Å². The third kappa shape index (κ3) is 3.29. The zero-order chi connectivity index (χ0) is 13.7. The van der Waals surface area contributed by atoms with Gasteiger partial charge in [0.05, 0.1) is 12.8 Å². The Balaban J connectivity index is 2.33. The highest BCUT2D eigenvalue weighted by atomic mass is 19.1. The van der Waals surface area contributed by atoms with Gasteiger partial charge in [0, 0.05) is 23.9 Å². The molecule has 0 amide bonds. The minimum atomic E-state index is -0.247. The summed E-state index contributed by atoms with van der Waals surface area (Å²) in [5.41, 5.74) is 2.17. The Bertz CT molecular complexity index is 558. The fraction of sp³-hybridized carbons (Fsp3) is 0.267. The number of pyridine rings is 1. The van der Waals surface area contributed by atoms with E-state index in [1.165, 1.54) is 0 Å². The van der Waals surface area contributed by atoms with Crippen LogP contribution in [0.4, 0.5) is 4.39 Å². The van der Waals surface area contributed by atoms with Crippen LogP contribution in [0.2, 0.25) is 0 Å². The Kier molecular flexibility index (Phi) is 4.47. The van der Waals surface area contributed by atoms with Crippen molar-refractivity contribution in [2.45, 2.75) is 13.5 Å². The van der Waals surface area contributed by atoms with Crippen LogP contribution in [0.15, 0.2) is 36.7 Å². The second-order valence-corrected chi connectivity index (χ2v) is 4.19. The summed E-state index contributed by atoms with van der Waals surface area (Å²) < 4.78 is 19.5. The maximum Gasteiger partial charge on any atom is 0.138 e. The van der Waals surface area contributed by atoms with Crippen LogP contribution in [0.25, 0.3) is 11.1 Å². The van der Waals surface area contributed by atoms with Crippen LogP contribution < -0.4 is 10.1 Å². The number of hydrogen-bond donors (Lipinski definition) is 1. The van der Waals surface area contributed by atoms with Crippen molar-refractivity contribution in [3.8, 4) is 16.9 Å². The number of ether oxygens (including phenoxy) is 1. The van der Waals surface area contributed by atoms with Gasteiger partial charge < -0.3 is 10.1 Å². The van der Waals surface area contributed by atoms with Crippen molar-refractivity contribution in [3.05, 3.63) is 48.0 Å². The standard InChI is InChI=1S/C15H17FN2O/c1-3-19-13-7-12(9-18-10-13)14-5-4-11(8-17-2)6-15(14)16/h4-7,9-10,17H,3,8H2,1-2H3. The number of aromatic nitrogens is 1. The lowest BCUT2D eigenvalue weighted by molar-refractivity contribution is 0.339. The van der Waals surface area contributed by atoms with Crippen LogP contribution in [0.1, 0.15) is 12.5 Å². The van der Waals surface area contributed by atoms with Gasteiger partial charge in [-0.3, -0.25) is 4.98 Å². The largest absolute Gasteiger partial charge is 0.492 e. The van der Waals surface area contributed by atoms with Crippen LogP contribution in [0.5, 0.6) is 5.75 Å². The molecule has 1 heterocycles. The fourth-order valence-electron chi connectivity index (χ4n) is 1.92. The Hall–Kier alpha value is -1.94. The predicted molar refractivity (Wildman–Crippen MR) is 73.6 cm³/mol. The number of rotatable bonds is 5. The minimum Gasteiger partial charge on any atom is -0.492 e. The van der Waals surface area contributed by atoms with Crippen molar-refractivity contribution in [1.82, 2.24) is 10.3 Å². The first kappa shape index (κ1) is 13.5. The Morgan fingerprint density at radius 2 is 2.11 bits per heavy atom. The summed E-state index contributed by atoms with van der Waals surface area (Å²) >= 11 is 0. The highest BCUT2D eigenvalue weighted by molar-refractivity contribution is 5.64. The van der Waals surface area contributed by atoms with Gasteiger partial charge >= 0.3 is 0 Å². The fourth-order valence-corrected chi connectivity index (χ4v) is 1.92. The van der Waals surface area contributed by atoms with Crippen LogP contribution in [0, 0.1) is 5.82 Å². The molecule has 0 aliphatic carbocycles. The smallest absolute Gasteiger partial charge is 0.138 e. The molecule has 2 aromatic rings. The lowest BCUT2D eigenvalue weighted by Gasteiger charge is -2.08. The van der Waals surface area contributed by atoms with Crippen LogP contribution in [0.3, 0.4) is 0 Å². The van der Waals surface area contributed by atoms with E-state index in [1.54, 1.807) is 30.6 Å². The molecule has 0 aliphatic rings. The summed E-state index contributed by atoms with van der Waals surface area (Å²) in [6, 6.07) is 7.02. The van der Waals surface area contributed by atoms with Crippen molar-refractivity contribution in [3.63, 3.8) is 0 Å². The van der Waals surface area contributed by atoms with Gasteiger partial charge in [0.2, 0.25) is 0 Å². The van der Waals surface area contributed by atoms with Crippen LogP contribution >= 0.6 is 0 Å². The molecule has 0 spiro atoms. The summed E-state index contributed by atoms with van der Waals surface area (Å²) in [7, 11) is 1.83. The normalized spacial score (nSPS) is 10.5. The SMILES string of the molecule is CCOc1cncc(-c2ccc(CNC)cc2F)c1. The Labute approximate surface area is 112 Å². The molecule has 1 N–H and O–H groups in total. The maximum absolute atomic E-state index is 14.1. The molecule has 0 aliphatic heterocycles. The zero-order valence-corrected chi connectivity index (χ0v) is 11.1. The molecule has 0 bridgehead atoms. The summed E-state index contributed by atoms with van der Waals surface area (Å²) in [6.07, 6.45) is 3.26. The van der Waals surface area contributed by atoms with Crippen LogP contribution in [-0.4, -0.2) is 18.6 Å². The van der Waals surface area contributed by atoms with Gasteiger partial charge in [-0.1, -0.05) is 12.1 Å². The van der Waals surface area contributed by atoms with Gasteiger partial charge in [-0.2, -0.15) is 0 Å². The van der Waals surface area contributed by atoms with Gasteiger partial charge in [0.15, 0.2) is 0 Å². The molecule has 0 saturated carbocycles. The predicted octanol–water partition coefficient (Wildman–Crippen LogP) is 3.01. The molecule has 1 aromatic heterocycles. The summed E-state index contributed by atoms with van der Waals surface area (Å²) in [6.45, 7) is 3.11. The average molecular weight is 260 g/mol. The molecule has 3 nitrogen and oxygen atoms in total. The van der Waals surface area contributed by atoms with E-state index in [2.05, 4.69) is 10.3 Å². The first-order valence-corrected chi connectivity index (χ1v) is 6.26. The zero-order valence-electron chi connectivity index (χ0n) is 11.1. The minimum absolute atomic E-state index is 0.247. The monoisotopic (exact) mass is 260 g/mol. The van der Waals surface area contributed by atoms with Gasteiger partial charge in [-0.05, 0) is 31.7 Å². The van der Waals surface area contributed by atoms with E-state index in [0.29, 0.717) is 24.5 Å². The molecule has 0 fully saturated rings. The quantitative estimate of drug-likeness (QED) is 0.897. The number of nitrogens with one attached hydrogen (secondary N) is 1. The van der Waals surface area contributed by atoms with E-state index in [4.69, 9.17) is 4.74 Å². The lowest BCUT2D eigenvalue weighted by atomic mass is 10.0. The van der Waals surface area contributed by atoms with Gasteiger partial charge in [-0.15, -0.1) is 0 Å². The van der Waals surface area contributed by atoms with Gasteiger partial charge in [-0.25, -0.2) is 4.39 Å².